The molecule has 5 atom stereocenters. The molecule has 4 aromatic rings. The first-order valence-corrected chi connectivity index (χ1v) is 17.6. The van der Waals surface area contributed by atoms with E-state index in [9.17, 15) is 19.8 Å². The van der Waals surface area contributed by atoms with E-state index in [0.29, 0.717) is 38.8 Å². The van der Waals surface area contributed by atoms with Crippen LogP contribution < -0.4 is 10.8 Å². The van der Waals surface area contributed by atoms with Crippen molar-refractivity contribution in [1.82, 2.24) is 15.7 Å². The molecular weight excluding hydrogens is 646 g/mol. The van der Waals surface area contributed by atoms with Gasteiger partial charge in [0.25, 0.3) is 0 Å². The van der Waals surface area contributed by atoms with Gasteiger partial charge >= 0.3 is 0 Å². The molecule has 0 bridgehead atoms. The molecule has 4 aromatic carbocycles. The number of hydroxylamine groups is 1. The number of hydrogen-bond donors (Lipinski definition) is 5. The van der Waals surface area contributed by atoms with Crippen LogP contribution >= 0.6 is 0 Å². The Morgan fingerprint density at radius 1 is 0.843 bits per heavy atom. The summed E-state index contributed by atoms with van der Waals surface area (Å²) in [7, 11) is 2.00. The van der Waals surface area contributed by atoms with Crippen LogP contribution in [-0.4, -0.2) is 57.9 Å². The molecule has 270 valence electrons. The highest BCUT2D eigenvalue weighted by molar-refractivity contribution is 5.77. The Labute approximate surface area is 300 Å². The Morgan fingerprint density at radius 2 is 1.49 bits per heavy atom. The van der Waals surface area contributed by atoms with Crippen molar-refractivity contribution in [1.29, 1.82) is 0 Å². The summed E-state index contributed by atoms with van der Waals surface area (Å²) in [6, 6.07) is 33.4. The van der Waals surface area contributed by atoms with Gasteiger partial charge in [-0.05, 0) is 60.2 Å². The Kier molecular flexibility index (Phi) is 13.9. The summed E-state index contributed by atoms with van der Waals surface area (Å²) in [5.41, 5.74) is 8.17. The number of carbonyl (C=O) groups excluding carboxylic acids is 2. The summed E-state index contributed by atoms with van der Waals surface area (Å²) < 4.78 is 13.2. The lowest BCUT2D eigenvalue weighted by atomic mass is 9.97. The van der Waals surface area contributed by atoms with Gasteiger partial charge in [-0.2, -0.15) is 0 Å². The van der Waals surface area contributed by atoms with Crippen LogP contribution in [0.25, 0.3) is 11.1 Å². The number of hydrogen-bond acceptors (Lipinski definition) is 8. The van der Waals surface area contributed by atoms with Crippen molar-refractivity contribution < 1.29 is 34.5 Å². The number of nitrogens with zero attached hydrogens (tertiary/aromatic N) is 1. The molecule has 0 unspecified atom stereocenters. The van der Waals surface area contributed by atoms with E-state index in [4.69, 9.17) is 14.7 Å². The SMILES string of the molecule is C[C@H]([C@@H](O)c1ccccc1)N(C)C[C@@H]1C[C@H](c2ccc(CO)cc2)O[C@H](c2ccc(-c3ccccc3CNC(=O)CCCCC(=O)NO)cc2)O1. The maximum Gasteiger partial charge on any atom is 0.243 e. The van der Waals surface area contributed by atoms with Gasteiger partial charge in [-0.3, -0.25) is 19.7 Å². The molecule has 0 aromatic heterocycles. The smallest absolute Gasteiger partial charge is 0.243 e. The topological polar surface area (TPSA) is 141 Å². The molecule has 10 nitrogen and oxygen atoms in total. The highest BCUT2D eigenvalue weighted by Crippen LogP contribution is 2.39. The standard InChI is InChI=1S/C41H49N3O7/c1-28(40(48)32-10-4-3-5-11-32)44(2)26-35-24-37(31-18-16-29(27-45)17-19-31)51-41(50-35)33-22-20-30(21-23-33)36-13-7-6-12-34(36)25-42-38(46)14-8-9-15-39(47)43-49/h3-7,10-13,16-23,28,35,37,40-41,45,48-49H,8-9,14-15,24-27H2,1-2H3,(H,42,46)(H,43,47)/t28-,35+,37-,40-,41-/m1/s1. The fourth-order valence-electron chi connectivity index (χ4n) is 6.38. The molecule has 0 saturated carbocycles. The van der Waals surface area contributed by atoms with E-state index in [1.165, 1.54) is 0 Å². The minimum atomic E-state index is -0.649. The molecule has 10 heteroatoms. The normalized spacial score (nSPS) is 18.6. The number of likely N-dealkylation sites (N-methyl/N-ethyl adjacent to an activating group) is 1. The van der Waals surface area contributed by atoms with Crippen LogP contribution in [0.15, 0.2) is 103 Å². The van der Waals surface area contributed by atoms with Crippen molar-refractivity contribution in [3.05, 3.63) is 131 Å². The van der Waals surface area contributed by atoms with Gasteiger partial charge in [-0.25, -0.2) is 5.48 Å². The van der Waals surface area contributed by atoms with Crippen LogP contribution in [0.3, 0.4) is 0 Å². The zero-order chi connectivity index (χ0) is 36.2. The molecule has 0 aliphatic carbocycles. The van der Waals surface area contributed by atoms with Crippen LogP contribution in [0.5, 0.6) is 0 Å². The summed E-state index contributed by atoms with van der Waals surface area (Å²) in [6.45, 7) is 2.95. The van der Waals surface area contributed by atoms with Crippen molar-refractivity contribution in [2.24, 2.45) is 0 Å². The number of unbranched alkanes of at least 4 members (excludes halogenated alkanes) is 1. The first-order chi connectivity index (χ1) is 24.7. The monoisotopic (exact) mass is 695 g/mol. The van der Waals surface area contributed by atoms with Gasteiger partial charge < -0.3 is 25.0 Å². The Morgan fingerprint density at radius 3 is 2.18 bits per heavy atom. The van der Waals surface area contributed by atoms with Crippen molar-refractivity contribution in [3.63, 3.8) is 0 Å². The predicted molar refractivity (Wildman–Crippen MR) is 194 cm³/mol. The zero-order valence-electron chi connectivity index (χ0n) is 29.3. The number of aliphatic hydroxyl groups is 2. The molecule has 5 N–H and O–H groups in total. The molecule has 2 amide bonds. The summed E-state index contributed by atoms with van der Waals surface area (Å²) in [6.07, 6.45) is 0.475. The second kappa shape index (κ2) is 18.7. The van der Waals surface area contributed by atoms with Gasteiger partial charge in [-0.15, -0.1) is 0 Å². The number of benzene rings is 4. The van der Waals surface area contributed by atoms with Gasteiger partial charge in [-0.1, -0.05) is 103 Å². The van der Waals surface area contributed by atoms with E-state index >= 15 is 0 Å². The molecule has 1 saturated heterocycles. The lowest BCUT2D eigenvalue weighted by Crippen LogP contribution is -2.43. The van der Waals surface area contributed by atoms with E-state index in [0.717, 1.165) is 38.9 Å². The van der Waals surface area contributed by atoms with Gasteiger partial charge in [0.15, 0.2) is 6.29 Å². The maximum atomic E-state index is 12.5. The lowest BCUT2D eigenvalue weighted by molar-refractivity contribution is -0.253. The molecule has 1 heterocycles. The molecule has 0 radical (unpaired) electrons. The van der Waals surface area contributed by atoms with Crippen LogP contribution in [0.1, 0.15) is 85.3 Å². The van der Waals surface area contributed by atoms with Gasteiger partial charge in [0.1, 0.15) is 0 Å². The zero-order valence-corrected chi connectivity index (χ0v) is 29.3. The van der Waals surface area contributed by atoms with Crippen molar-refractivity contribution in [2.45, 2.75) is 82.8 Å². The second-order valence-electron chi connectivity index (χ2n) is 13.2. The van der Waals surface area contributed by atoms with E-state index in [2.05, 4.69) is 10.2 Å². The molecule has 1 aliphatic heterocycles. The number of ether oxygens (including phenoxy) is 2. The first kappa shape index (κ1) is 37.8. The minimum absolute atomic E-state index is 0.0260. The van der Waals surface area contributed by atoms with Crippen LogP contribution in [-0.2, 0) is 32.2 Å². The number of amides is 2. The average Bonchev–Trinajstić information content (AvgIpc) is 3.18. The van der Waals surface area contributed by atoms with E-state index in [-0.39, 0.29) is 37.2 Å². The van der Waals surface area contributed by atoms with E-state index < -0.39 is 18.3 Å². The molecular formula is C41H49N3O7. The van der Waals surface area contributed by atoms with Crippen LogP contribution in [0, 0.1) is 0 Å². The Bertz CT molecular complexity index is 1680. The Balaban J connectivity index is 1.27. The van der Waals surface area contributed by atoms with Gasteiger partial charge in [0, 0.05) is 44.0 Å². The molecule has 0 spiro atoms. The summed E-state index contributed by atoms with van der Waals surface area (Å²) in [5, 5.41) is 32.3. The van der Waals surface area contributed by atoms with Gasteiger partial charge in [0.2, 0.25) is 11.8 Å². The van der Waals surface area contributed by atoms with Crippen LogP contribution in [0.4, 0.5) is 0 Å². The van der Waals surface area contributed by atoms with Crippen molar-refractivity contribution in [2.75, 3.05) is 13.6 Å². The third-order valence-electron chi connectivity index (χ3n) is 9.57. The molecule has 5 rings (SSSR count). The Hall–Kier alpha value is -4.42. The first-order valence-electron chi connectivity index (χ1n) is 17.6. The summed E-state index contributed by atoms with van der Waals surface area (Å²) in [4.78, 5) is 25.8. The number of nitrogens with one attached hydrogen (secondary N) is 2. The predicted octanol–water partition coefficient (Wildman–Crippen LogP) is 6.13. The number of carbonyl (C=O) groups is 2. The highest BCUT2D eigenvalue weighted by atomic mass is 16.7. The van der Waals surface area contributed by atoms with E-state index in [1.807, 2.05) is 117 Å². The molecule has 1 aliphatic rings. The largest absolute Gasteiger partial charge is 0.392 e. The molecule has 51 heavy (non-hydrogen) atoms. The fourth-order valence-corrected chi connectivity index (χ4v) is 6.38. The van der Waals surface area contributed by atoms with E-state index in [1.54, 1.807) is 5.48 Å². The third kappa shape index (κ3) is 10.6. The van der Waals surface area contributed by atoms with Crippen LogP contribution in [0.2, 0.25) is 0 Å². The minimum Gasteiger partial charge on any atom is -0.392 e. The quantitative estimate of drug-likeness (QED) is 0.0536. The number of rotatable bonds is 16. The fraction of sp³-hybridized carbons (Fsp3) is 0.366. The van der Waals surface area contributed by atoms with Crippen molar-refractivity contribution >= 4 is 11.8 Å². The lowest BCUT2D eigenvalue weighted by Gasteiger charge is -2.39. The number of aliphatic hydroxyl groups excluding tert-OH is 2. The summed E-state index contributed by atoms with van der Waals surface area (Å²) >= 11 is 0. The maximum absolute atomic E-state index is 12.5. The third-order valence-corrected chi connectivity index (χ3v) is 9.57. The van der Waals surface area contributed by atoms with Crippen molar-refractivity contribution in [3.8, 4) is 11.1 Å². The van der Waals surface area contributed by atoms with Gasteiger partial charge in [0.05, 0.1) is 24.9 Å². The summed E-state index contributed by atoms with van der Waals surface area (Å²) in [5.74, 6) is -0.552. The average molecular weight is 696 g/mol. The molecule has 1 fully saturated rings. The highest BCUT2D eigenvalue weighted by Gasteiger charge is 2.34. The second-order valence-corrected chi connectivity index (χ2v) is 13.2.